The van der Waals surface area contributed by atoms with Gasteiger partial charge >= 0.3 is 12.0 Å². The molecule has 0 aromatic carbocycles. The summed E-state index contributed by atoms with van der Waals surface area (Å²) in [6.07, 6.45) is 2.78. The third-order valence-electron chi connectivity index (χ3n) is 2.44. The number of amides is 1. The quantitative estimate of drug-likeness (QED) is 0.841. The highest BCUT2D eigenvalue weighted by Gasteiger charge is 2.23. The van der Waals surface area contributed by atoms with Crippen molar-refractivity contribution < 1.29 is 19.1 Å². The number of carboxylic acids is 1. The minimum atomic E-state index is -1.17. The third-order valence-corrected chi connectivity index (χ3v) is 2.44. The molecule has 1 heterocycles. The number of carbonyl (C=O) groups excluding carboxylic acids is 1. The van der Waals surface area contributed by atoms with E-state index in [1.807, 2.05) is 6.92 Å². The first-order chi connectivity index (χ1) is 8.47. The number of aromatic nitrogens is 1. The van der Waals surface area contributed by atoms with E-state index in [2.05, 4.69) is 4.98 Å². The molecule has 0 bridgehead atoms. The SMILES string of the molecule is CCCCN(C(=O)C(C)C)c1nc(C(=O)O)co1. The number of carboxylic acid groups (broad SMARTS) is 1. The average Bonchev–Trinajstić information content (AvgIpc) is 2.78. The summed E-state index contributed by atoms with van der Waals surface area (Å²) in [6.45, 7) is 6.05. The Morgan fingerprint density at radius 3 is 2.61 bits per heavy atom. The summed E-state index contributed by atoms with van der Waals surface area (Å²) in [5.74, 6) is -1.48. The van der Waals surface area contributed by atoms with Gasteiger partial charge in [-0.1, -0.05) is 27.2 Å². The lowest BCUT2D eigenvalue weighted by Crippen LogP contribution is -2.35. The Labute approximate surface area is 106 Å². The molecule has 0 saturated heterocycles. The Morgan fingerprint density at radius 2 is 2.17 bits per heavy atom. The second-order valence-electron chi connectivity index (χ2n) is 4.32. The first-order valence-electron chi connectivity index (χ1n) is 5.97. The maximum absolute atomic E-state index is 12.0. The van der Waals surface area contributed by atoms with Crippen molar-refractivity contribution in [3.63, 3.8) is 0 Å². The zero-order valence-corrected chi connectivity index (χ0v) is 10.8. The fourth-order valence-electron chi connectivity index (χ4n) is 1.41. The molecule has 1 amide bonds. The Morgan fingerprint density at radius 1 is 1.50 bits per heavy atom. The molecule has 1 aromatic rings. The maximum Gasteiger partial charge on any atom is 0.357 e. The molecule has 0 fully saturated rings. The van der Waals surface area contributed by atoms with E-state index in [9.17, 15) is 9.59 Å². The summed E-state index contributed by atoms with van der Waals surface area (Å²) in [7, 11) is 0. The summed E-state index contributed by atoms with van der Waals surface area (Å²) >= 11 is 0. The van der Waals surface area contributed by atoms with E-state index in [1.165, 1.54) is 4.90 Å². The van der Waals surface area contributed by atoms with Crippen LogP contribution in [-0.2, 0) is 4.79 Å². The van der Waals surface area contributed by atoms with Crippen LogP contribution in [0.15, 0.2) is 10.7 Å². The standard InChI is InChI=1S/C12H18N2O4/c1-4-5-6-14(10(15)8(2)3)12-13-9(7-18-12)11(16)17/h7-8H,4-6H2,1-3H3,(H,16,17). The second kappa shape index (κ2) is 6.18. The Kier molecular flexibility index (Phi) is 4.88. The van der Waals surface area contributed by atoms with Crippen molar-refractivity contribution in [2.24, 2.45) is 5.92 Å². The van der Waals surface area contributed by atoms with Crippen molar-refractivity contribution in [2.75, 3.05) is 11.4 Å². The van der Waals surface area contributed by atoms with Crippen LogP contribution in [0.2, 0.25) is 0 Å². The van der Waals surface area contributed by atoms with E-state index in [0.29, 0.717) is 6.54 Å². The van der Waals surface area contributed by atoms with Crippen LogP contribution in [0.3, 0.4) is 0 Å². The van der Waals surface area contributed by atoms with Crippen LogP contribution < -0.4 is 4.90 Å². The Hall–Kier alpha value is -1.85. The fraction of sp³-hybridized carbons (Fsp3) is 0.583. The smallest absolute Gasteiger partial charge is 0.357 e. The van der Waals surface area contributed by atoms with Crippen molar-refractivity contribution in [3.05, 3.63) is 12.0 Å². The zero-order valence-electron chi connectivity index (χ0n) is 10.8. The molecule has 0 spiro atoms. The lowest BCUT2D eigenvalue weighted by molar-refractivity contribution is -0.121. The van der Waals surface area contributed by atoms with Gasteiger partial charge in [0.1, 0.15) is 6.26 Å². The van der Waals surface area contributed by atoms with Gasteiger partial charge in [0.05, 0.1) is 0 Å². The lowest BCUT2D eigenvalue weighted by atomic mass is 10.2. The number of aromatic carboxylic acids is 1. The van der Waals surface area contributed by atoms with Crippen LogP contribution in [0.5, 0.6) is 0 Å². The molecule has 6 nitrogen and oxygen atoms in total. The lowest BCUT2D eigenvalue weighted by Gasteiger charge is -2.20. The number of hydrogen-bond donors (Lipinski definition) is 1. The molecule has 100 valence electrons. The number of nitrogens with zero attached hydrogens (tertiary/aromatic N) is 2. The minimum absolute atomic E-state index is 0.0551. The number of unbranched alkanes of at least 4 members (excludes halogenated alkanes) is 1. The predicted molar refractivity (Wildman–Crippen MR) is 65.6 cm³/mol. The first kappa shape index (κ1) is 14.2. The molecular formula is C12H18N2O4. The summed E-state index contributed by atoms with van der Waals surface area (Å²) in [4.78, 5) is 27.9. The van der Waals surface area contributed by atoms with Gasteiger partial charge in [0.25, 0.3) is 0 Å². The molecule has 6 heteroatoms. The topological polar surface area (TPSA) is 83.6 Å². The molecule has 1 N–H and O–H groups in total. The van der Waals surface area contributed by atoms with E-state index in [-0.39, 0.29) is 23.5 Å². The fourth-order valence-corrected chi connectivity index (χ4v) is 1.41. The maximum atomic E-state index is 12.0. The first-order valence-corrected chi connectivity index (χ1v) is 5.97. The van der Waals surface area contributed by atoms with Crippen molar-refractivity contribution in [1.29, 1.82) is 0 Å². The molecule has 1 aromatic heterocycles. The van der Waals surface area contributed by atoms with Gasteiger partial charge in [0.2, 0.25) is 5.91 Å². The van der Waals surface area contributed by atoms with Crippen molar-refractivity contribution in [2.45, 2.75) is 33.6 Å². The molecular weight excluding hydrogens is 236 g/mol. The predicted octanol–water partition coefficient (Wildman–Crippen LogP) is 2.16. The van der Waals surface area contributed by atoms with Crippen LogP contribution in [0.1, 0.15) is 44.1 Å². The Balaban J connectivity index is 2.93. The van der Waals surface area contributed by atoms with E-state index >= 15 is 0 Å². The molecule has 18 heavy (non-hydrogen) atoms. The monoisotopic (exact) mass is 254 g/mol. The van der Waals surface area contributed by atoms with Gasteiger partial charge in [-0.3, -0.25) is 9.69 Å². The van der Waals surface area contributed by atoms with Gasteiger partial charge in [-0.25, -0.2) is 4.79 Å². The van der Waals surface area contributed by atoms with Crippen LogP contribution in [0.25, 0.3) is 0 Å². The number of anilines is 1. The molecule has 0 atom stereocenters. The van der Waals surface area contributed by atoms with Gasteiger partial charge in [-0.15, -0.1) is 0 Å². The van der Waals surface area contributed by atoms with E-state index in [4.69, 9.17) is 9.52 Å². The summed E-state index contributed by atoms with van der Waals surface area (Å²) < 4.78 is 5.07. The molecule has 0 aliphatic rings. The number of carbonyl (C=O) groups is 2. The number of oxazole rings is 1. The van der Waals surface area contributed by atoms with Crippen LogP contribution >= 0.6 is 0 Å². The molecule has 0 aliphatic carbocycles. The average molecular weight is 254 g/mol. The highest BCUT2D eigenvalue weighted by molar-refractivity contribution is 5.93. The van der Waals surface area contributed by atoms with E-state index in [0.717, 1.165) is 19.1 Å². The highest BCUT2D eigenvalue weighted by atomic mass is 16.4. The number of rotatable bonds is 6. The van der Waals surface area contributed by atoms with Crippen LogP contribution in [0.4, 0.5) is 6.01 Å². The number of hydrogen-bond acceptors (Lipinski definition) is 4. The Bertz CT molecular complexity index is 425. The molecule has 1 rings (SSSR count). The molecule has 0 saturated carbocycles. The zero-order chi connectivity index (χ0) is 13.7. The molecule has 0 unspecified atom stereocenters. The van der Waals surface area contributed by atoms with Gasteiger partial charge in [0, 0.05) is 12.5 Å². The van der Waals surface area contributed by atoms with E-state index in [1.54, 1.807) is 13.8 Å². The van der Waals surface area contributed by atoms with Crippen molar-refractivity contribution in [3.8, 4) is 0 Å². The second-order valence-corrected chi connectivity index (χ2v) is 4.32. The summed E-state index contributed by atoms with van der Waals surface area (Å²) in [5, 5.41) is 8.78. The van der Waals surface area contributed by atoms with Crippen LogP contribution in [-0.4, -0.2) is 28.5 Å². The summed E-state index contributed by atoms with van der Waals surface area (Å²) in [6, 6.07) is 0.0551. The molecule has 0 aliphatic heterocycles. The normalized spacial score (nSPS) is 10.7. The van der Waals surface area contributed by atoms with Crippen molar-refractivity contribution >= 4 is 17.9 Å². The van der Waals surface area contributed by atoms with Gasteiger partial charge in [-0.2, -0.15) is 4.98 Å². The van der Waals surface area contributed by atoms with Crippen LogP contribution in [0, 0.1) is 5.92 Å². The largest absolute Gasteiger partial charge is 0.476 e. The highest BCUT2D eigenvalue weighted by Crippen LogP contribution is 2.17. The van der Waals surface area contributed by atoms with E-state index < -0.39 is 5.97 Å². The van der Waals surface area contributed by atoms with Gasteiger partial charge in [0.15, 0.2) is 5.69 Å². The summed E-state index contributed by atoms with van der Waals surface area (Å²) in [5.41, 5.74) is -0.192. The minimum Gasteiger partial charge on any atom is -0.476 e. The van der Waals surface area contributed by atoms with Crippen molar-refractivity contribution in [1.82, 2.24) is 4.98 Å². The van der Waals surface area contributed by atoms with Gasteiger partial charge < -0.3 is 9.52 Å². The van der Waals surface area contributed by atoms with Gasteiger partial charge in [-0.05, 0) is 6.42 Å². The third kappa shape index (κ3) is 3.32. The molecule has 0 radical (unpaired) electrons.